The second-order valence-corrected chi connectivity index (χ2v) is 6.38. The minimum absolute atomic E-state index is 0.173. The van der Waals surface area contributed by atoms with Crippen molar-refractivity contribution in [1.82, 2.24) is 9.88 Å². The molecule has 0 radical (unpaired) electrons. The molecule has 1 aromatic heterocycles. The van der Waals surface area contributed by atoms with Crippen molar-refractivity contribution < 1.29 is 24.0 Å². The molecule has 0 unspecified atom stereocenters. The van der Waals surface area contributed by atoms with Crippen molar-refractivity contribution in [2.75, 3.05) is 0 Å². The molecule has 24 heavy (non-hydrogen) atoms. The Labute approximate surface area is 141 Å². The van der Waals surface area contributed by atoms with E-state index < -0.39 is 18.8 Å². The van der Waals surface area contributed by atoms with E-state index in [0.29, 0.717) is 11.4 Å². The molecular weight excluding hydrogens is 311 g/mol. The van der Waals surface area contributed by atoms with E-state index in [-0.39, 0.29) is 13.1 Å². The minimum Gasteiger partial charge on any atom is -0.447 e. The van der Waals surface area contributed by atoms with E-state index in [1.54, 1.807) is 45.0 Å². The second-order valence-electron chi connectivity index (χ2n) is 6.38. The van der Waals surface area contributed by atoms with Gasteiger partial charge < -0.3 is 19.2 Å². The highest BCUT2D eigenvalue weighted by atomic mass is 16.6. The van der Waals surface area contributed by atoms with Gasteiger partial charge >= 0.3 is 13.2 Å². The Hall–Kier alpha value is -2.32. The lowest BCUT2D eigenvalue weighted by Crippen LogP contribution is -2.36. The molecule has 0 atom stereocenters. The van der Waals surface area contributed by atoms with E-state index in [0.717, 1.165) is 5.56 Å². The minimum atomic E-state index is -1.52. The summed E-state index contributed by atoms with van der Waals surface area (Å²) >= 11 is 0. The molecule has 0 spiro atoms. The summed E-state index contributed by atoms with van der Waals surface area (Å²) in [5, 5.41) is 18.3. The van der Waals surface area contributed by atoms with Gasteiger partial charge in [-0.3, -0.25) is 4.90 Å². The Morgan fingerprint density at radius 2 is 1.92 bits per heavy atom. The van der Waals surface area contributed by atoms with Crippen LogP contribution in [0.25, 0.3) is 0 Å². The molecule has 0 fully saturated rings. The van der Waals surface area contributed by atoms with E-state index >= 15 is 0 Å². The monoisotopic (exact) mass is 332 g/mol. The Balaban J connectivity index is 2.13. The first-order valence-corrected chi connectivity index (χ1v) is 7.56. The number of amides is 1. The van der Waals surface area contributed by atoms with Crippen LogP contribution in [0.1, 0.15) is 32.2 Å². The summed E-state index contributed by atoms with van der Waals surface area (Å²) in [6, 6.07) is 6.64. The first-order valence-electron chi connectivity index (χ1n) is 7.56. The molecule has 128 valence electrons. The molecule has 0 bridgehead atoms. The van der Waals surface area contributed by atoms with Crippen LogP contribution in [0.5, 0.6) is 0 Å². The standard InChI is InChI=1S/C16H21BN2O5/c1-16(2,3)24-15(20)19(11-14-18-8-9-23-14)10-12-4-6-13(7-5-12)17(21)22/h4-9,21-22H,10-11H2,1-3H3. The van der Waals surface area contributed by atoms with Gasteiger partial charge in [-0.2, -0.15) is 0 Å². The molecule has 1 heterocycles. The maximum atomic E-state index is 12.4. The smallest absolute Gasteiger partial charge is 0.447 e. The molecular formula is C16H21BN2O5. The van der Waals surface area contributed by atoms with Gasteiger partial charge in [0.1, 0.15) is 18.4 Å². The predicted molar refractivity (Wildman–Crippen MR) is 88.3 cm³/mol. The highest BCUT2D eigenvalue weighted by Gasteiger charge is 2.24. The molecule has 2 aromatic rings. The summed E-state index contributed by atoms with van der Waals surface area (Å²) in [7, 11) is -1.52. The van der Waals surface area contributed by atoms with Crippen LogP contribution in [0.15, 0.2) is 41.1 Å². The third-order valence-corrected chi connectivity index (χ3v) is 3.11. The van der Waals surface area contributed by atoms with E-state index in [9.17, 15) is 4.79 Å². The topological polar surface area (TPSA) is 96.0 Å². The molecule has 0 saturated heterocycles. The molecule has 8 heteroatoms. The lowest BCUT2D eigenvalue weighted by atomic mass is 9.80. The number of aromatic nitrogens is 1. The summed E-state index contributed by atoms with van der Waals surface area (Å²) in [5.41, 5.74) is 0.587. The van der Waals surface area contributed by atoms with Crippen LogP contribution < -0.4 is 5.46 Å². The molecule has 0 aliphatic rings. The molecule has 1 amide bonds. The number of oxazole rings is 1. The van der Waals surface area contributed by atoms with Crippen LogP contribution >= 0.6 is 0 Å². The predicted octanol–water partition coefficient (Wildman–Crippen LogP) is 1.29. The average molecular weight is 332 g/mol. The van der Waals surface area contributed by atoms with Crippen molar-refractivity contribution in [3.63, 3.8) is 0 Å². The number of rotatable bonds is 5. The van der Waals surface area contributed by atoms with E-state index in [1.807, 2.05) is 0 Å². The Kier molecular flexibility index (Phi) is 5.64. The normalized spacial score (nSPS) is 11.2. The number of hydrogen-bond donors (Lipinski definition) is 2. The third-order valence-electron chi connectivity index (χ3n) is 3.11. The Morgan fingerprint density at radius 3 is 2.42 bits per heavy atom. The van der Waals surface area contributed by atoms with E-state index in [4.69, 9.17) is 19.2 Å². The van der Waals surface area contributed by atoms with Crippen molar-refractivity contribution in [3.05, 3.63) is 48.2 Å². The van der Waals surface area contributed by atoms with Gasteiger partial charge in [0, 0.05) is 6.54 Å². The van der Waals surface area contributed by atoms with Crippen molar-refractivity contribution in [3.8, 4) is 0 Å². The van der Waals surface area contributed by atoms with E-state index in [2.05, 4.69) is 4.98 Å². The van der Waals surface area contributed by atoms with Crippen molar-refractivity contribution in [1.29, 1.82) is 0 Å². The van der Waals surface area contributed by atoms with Crippen LogP contribution in [0.2, 0.25) is 0 Å². The van der Waals surface area contributed by atoms with Gasteiger partial charge in [-0.05, 0) is 31.8 Å². The number of nitrogens with zero attached hydrogens (tertiary/aromatic N) is 2. The summed E-state index contributed by atoms with van der Waals surface area (Å²) in [5.74, 6) is 0.406. The molecule has 2 rings (SSSR count). The van der Waals surface area contributed by atoms with Crippen LogP contribution in [-0.2, 0) is 17.8 Å². The summed E-state index contributed by atoms with van der Waals surface area (Å²) in [4.78, 5) is 17.9. The van der Waals surface area contributed by atoms with Crippen molar-refractivity contribution >= 4 is 18.7 Å². The fourth-order valence-corrected chi connectivity index (χ4v) is 2.02. The number of carbonyl (C=O) groups excluding carboxylic acids is 1. The van der Waals surface area contributed by atoms with Gasteiger partial charge in [0.05, 0.1) is 6.20 Å². The number of benzene rings is 1. The van der Waals surface area contributed by atoms with Gasteiger partial charge in [0.25, 0.3) is 0 Å². The highest BCUT2D eigenvalue weighted by Crippen LogP contribution is 2.15. The zero-order valence-electron chi connectivity index (χ0n) is 14.0. The lowest BCUT2D eigenvalue weighted by molar-refractivity contribution is 0.0200. The fraction of sp³-hybridized carbons (Fsp3) is 0.375. The molecule has 0 aliphatic heterocycles. The molecule has 7 nitrogen and oxygen atoms in total. The van der Waals surface area contributed by atoms with Crippen molar-refractivity contribution in [2.24, 2.45) is 0 Å². The molecule has 0 aliphatic carbocycles. The van der Waals surface area contributed by atoms with Crippen LogP contribution in [-0.4, -0.2) is 38.7 Å². The number of ether oxygens (including phenoxy) is 1. The summed E-state index contributed by atoms with van der Waals surface area (Å²) in [6.45, 7) is 5.84. The van der Waals surface area contributed by atoms with Gasteiger partial charge in [-0.15, -0.1) is 0 Å². The number of carbonyl (C=O) groups is 1. The summed E-state index contributed by atoms with van der Waals surface area (Å²) in [6.07, 6.45) is 2.48. The largest absolute Gasteiger partial charge is 0.488 e. The van der Waals surface area contributed by atoms with Gasteiger partial charge in [0.2, 0.25) is 5.89 Å². The van der Waals surface area contributed by atoms with Gasteiger partial charge in [-0.1, -0.05) is 24.3 Å². The second kappa shape index (κ2) is 7.50. The van der Waals surface area contributed by atoms with Crippen LogP contribution in [0, 0.1) is 0 Å². The molecule has 2 N–H and O–H groups in total. The molecule has 0 saturated carbocycles. The summed E-state index contributed by atoms with van der Waals surface area (Å²) < 4.78 is 10.6. The Bertz CT molecular complexity index is 650. The van der Waals surface area contributed by atoms with E-state index in [1.165, 1.54) is 17.4 Å². The van der Waals surface area contributed by atoms with Gasteiger partial charge in [0.15, 0.2) is 0 Å². The van der Waals surface area contributed by atoms with Crippen LogP contribution in [0.3, 0.4) is 0 Å². The SMILES string of the molecule is CC(C)(C)OC(=O)N(Cc1ccc(B(O)O)cc1)Cc1ncco1. The van der Waals surface area contributed by atoms with Gasteiger partial charge in [-0.25, -0.2) is 9.78 Å². The highest BCUT2D eigenvalue weighted by molar-refractivity contribution is 6.58. The lowest BCUT2D eigenvalue weighted by Gasteiger charge is -2.26. The quantitative estimate of drug-likeness (QED) is 0.801. The molecule has 1 aromatic carbocycles. The maximum absolute atomic E-state index is 12.4. The zero-order valence-corrected chi connectivity index (χ0v) is 14.0. The average Bonchev–Trinajstić information content (AvgIpc) is 2.98. The Morgan fingerprint density at radius 1 is 1.25 bits per heavy atom. The zero-order chi connectivity index (χ0) is 17.7. The maximum Gasteiger partial charge on any atom is 0.488 e. The number of hydrogen-bond acceptors (Lipinski definition) is 6. The first kappa shape index (κ1) is 18.0. The fourth-order valence-electron chi connectivity index (χ4n) is 2.02. The first-order chi connectivity index (χ1) is 11.2. The van der Waals surface area contributed by atoms with Crippen molar-refractivity contribution in [2.45, 2.75) is 39.5 Å². The van der Waals surface area contributed by atoms with Crippen LogP contribution in [0.4, 0.5) is 4.79 Å². The third kappa shape index (κ3) is 5.40.